The van der Waals surface area contributed by atoms with Crippen LogP contribution >= 0.6 is 11.8 Å². The molecule has 5 rings (SSSR count). The molecule has 2 heterocycles. The van der Waals surface area contributed by atoms with Crippen LogP contribution in [0.25, 0.3) is 5.69 Å². The number of hydrogen-bond donors (Lipinski definition) is 1. The molecule has 2 aromatic carbocycles. The smallest absolute Gasteiger partial charge is 0.237 e. The minimum Gasteiger partial charge on any atom is -0.378 e. The Morgan fingerprint density at radius 3 is 2.48 bits per heavy atom. The van der Waals surface area contributed by atoms with Crippen LogP contribution in [-0.4, -0.2) is 47.0 Å². The molecule has 1 aliphatic carbocycles. The molecule has 1 unspecified atom stereocenters. The predicted octanol–water partition coefficient (Wildman–Crippen LogP) is 4.71. The Morgan fingerprint density at radius 1 is 1.00 bits per heavy atom. The molecule has 3 aromatic rings. The van der Waals surface area contributed by atoms with E-state index in [0.29, 0.717) is 0 Å². The molecule has 1 atom stereocenters. The Labute approximate surface area is 199 Å². The number of amides is 1. The highest BCUT2D eigenvalue weighted by molar-refractivity contribution is 8.00. The Morgan fingerprint density at radius 2 is 1.73 bits per heavy atom. The number of aryl methyl sites for hydroxylation is 1. The fourth-order valence-corrected chi connectivity index (χ4v) is 5.44. The van der Waals surface area contributed by atoms with Crippen LogP contribution in [0.15, 0.2) is 59.8 Å². The van der Waals surface area contributed by atoms with Crippen LogP contribution in [0.2, 0.25) is 0 Å². The van der Waals surface area contributed by atoms with E-state index in [1.807, 2.05) is 25.1 Å². The second kappa shape index (κ2) is 10.0. The number of morpholine rings is 1. The molecule has 1 saturated heterocycles. The molecule has 0 spiro atoms. The number of nitrogens with zero attached hydrogens (tertiary/aromatic N) is 3. The third kappa shape index (κ3) is 4.94. The van der Waals surface area contributed by atoms with Crippen molar-refractivity contribution in [1.29, 1.82) is 0 Å². The van der Waals surface area contributed by atoms with Crippen molar-refractivity contribution in [2.75, 3.05) is 36.5 Å². The molecule has 1 amide bonds. The largest absolute Gasteiger partial charge is 0.378 e. The van der Waals surface area contributed by atoms with Gasteiger partial charge in [-0.25, -0.2) is 4.98 Å². The van der Waals surface area contributed by atoms with E-state index in [9.17, 15) is 4.79 Å². The Hall–Kier alpha value is -2.77. The van der Waals surface area contributed by atoms with Crippen LogP contribution in [0.3, 0.4) is 0 Å². The van der Waals surface area contributed by atoms with Crippen molar-refractivity contribution in [3.63, 3.8) is 0 Å². The number of fused-ring (bicyclic) bond motifs is 1. The van der Waals surface area contributed by atoms with Gasteiger partial charge in [0.05, 0.1) is 24.2 Å². The zero-order chi connectivity index (χ0) is 22.6. The van der Waals surface area contributed by atoms with Crippen molar-refractivity contribution in [3.8, 4) is 5.69 Å². The molecule has 1 aromatic heterocycles. The SMILES string of the molecule is CC(Sc1nc2c(n1-c1ccccc1)CCCC2)C(=O)Nc1ccc(N2CCOCC2)cc1. The van der Waals surface area contributed by atoms with Gasteiger partial charge in [0.2, 0.25) is 5.91 Å². The van der Waals surface area contributed by atoms with Crippen molar-refractivity contribution in [2.24, 2.45) is 0 Å². The summed E-state index contributed by atoms with van der Waals surface area (Å²) in [5, 5.41) is 3.71. The molecule has 1 aliphatic heterocycles. The highest BCUT2D eigenvalue weighted by Crippen LogP contribution is 2.33. The fourth-order valence-electron chi connectivity index (χ4n) is 4.47. The van der Waals surface area contributed by atoms with Crippen LogP contribution in [0.1, 0.15) is 31.2 Å². The molecule has 0 saturated carbocycles. The molecular formula is C26H30N4O2S. The van der Waals surface area contributed by atoms with Gasteiger partial charge in [-0.2, -0.15) is 0 Å². The quantitative estimate of drug-likeness (QED) is 0.538. The molecule has 33 heavy (non-hydrogen) atoms. The van der Waals surface area contributed by atoms with Crippen LogP contribution < -0.4 is 10.2 Å². The Bertz CT molecular complexity index is 1090. The van der Waals surface area contributed by atoms with Gasteiger partial charge in [-0.1, -0.05) is 30.0 Å². The first-order chi connectivity index (χ1) is 16.2. The summed E-state index contributed by atoms with van der Waals surface area (Å²) in [5.74, 6) is -0.0142. The van der Waals surface area contributed by atoms with Crippen LogP contribution in [0.4, 0.5) is 11.4 Å². The van der Waals surface area contributed by atoms with Gasteiger partial charge in [0.15, 0.2) is 5.16 Å². The molecule has 0 radical (unpaired) electrons. The van der Waals surface area contributed by atoms with E-state index in [1.165, 1.54) is 36.0 Å². The number of nitrogens with one attached hydrogen (secondary N) is 1. The summed E-state index contributed by atoms with van der Waals surface area (Å²) in [6.07, 6.45) is 4.41. The number of hydrogen-bond acceptors (Lipinski definition) is 5. The van der Waals surface area contributed by atoms with Gasteiger partial charge in [0.1, 0.15) is 0 Å². The lowest BCUT2D eigenvalue weighted by Crippen LogP contribution is -2.36. The monoisotopic (exact) mass is 462 g/mol. The van der Waals surface area contributed by atoms with Gasteiger partial charge in [0, 0.05) is 35.8 Å². The van der Waals surface area contributed by atoms with E-state index < -0.39 is 0 Å². The van der Waals surface area contributed by atoms with Crippen LogP contribution in [-0.2, 0) is 22.4 Å². The number of para-hydroxylation sites is 1. The van der Waals surface area contributed by atoms with Gasteiger partial charge in [0.25, 0.3) is 0 Å². The Balaban J connectivity index is 1.29. The minimum absolute atomic E-state index is 0.0142. The minimum atomic E-state index is -0.268. The molecular weight excluding hydrogens is 432 g/mol. The van der Waals surface area contributed by atoms with E-state index >= 15 is 0 Å². The summed E-state index contributed by atoms with van der Waals surface area (Å²) in [6.45, 7) is 5.27. The Kier molecular flexibility index (Phi) is 6.69. The van der Waals surface area contributed by atoms with Gasteiger partial charge in [-0.15, -0.1) is 0 Å². The van der Waals surface area contributed by atoms with Gasteiger partial charge < -0.3 is 15.0 Å². The lowest BCUT2D eigenvalue weighted by Gasteiger charge is -2.28. The van der Waals surface area contributed by atoms with Gasteiger partial charge in [-0.3, -0.25) is 9.36 Å². The number of rotatable bonds is 6. The average Bonchev–Trinajstić information content (AvgIpc) is 3.23. The van der Waals surface area contributed by atoms with E-state index in [1.54, 1.807) is 0 Å². The molecule has 6 nitrogen and oxygen atoms in total. The normalized spacial score (nSPS) is 16.8. The van der Waals surface area contributed by atoms with E-state index in [-0.39, 0.29) is 11.2 Å². The highest BCUT2D eigenvalue weighted by atomic mass is 32.2. The number of carbonyl (C=O) groups excluding carboxylic acids is 1. The molecule has 7 heteroatoms. The summed E-state index contributed by atoms with van der Waals surface area (Å²) in [4.78, 5) is 20.3. The number of benzene rings is 2. The first kappa shape index (κ1) is 22.0. The summed E-state index contributed by atoms with van der Waals surface area (Å²) in [7, 11) is 0. The maximum Gasteiger partial charge on any atom is 0.237 e. The zero-order valence-corrected chi connectivity index (χ0v) is 19.8. The van der Waals surface area contributed by atoms with Crippen molar-refractivity contribution in [3.05, 3.63) is 66.0 Å². The van der Waals surface area contributed by atoms with Crippen molar-refractivity contribution < 1.29 is 9.53 Å². The van der Waals surface area contributed by atoms with E-state index in [4.69, 9.17) is 9.72 Å². The van der Waals surface area contributed by atoms with E-state index in [0.717, 1.165) is 61.4 Å². The number of imidazole rings is 1. The van der Waals surface area contributed by atoms with E-state index in [2.05, 4.69) is 51.2 Å². The third-order valence-corrected chi connectivity index (χ3v) is 7.33. The fraction of sp³-hybridized carbons (Fsp3) is 0.385. The molecule has 1 fully saturated rings. The molecule has 172 valence electrons. The second-order valence-electron chi connectivity index (χ2n) is 8.56. The summed E-state index contributed by atoms with van der Waals surface area (Å²) in [5.41, 5.74) is 5.56. The third-order valence-electron chi connectivity index (χ3n) is 6.28. The number of carbonyl (C=O) groups is 1. The van der Waals surface area contributed by atoms with Crippen LogP contribution in [0, 0.1) is 0 Å². The van der Waals surface area contributed by atoms with Gasteiger partial charge >= 0.3 is 0 Å². The highest BCUT2D eigenvalue weighted by Gasteiger charge is 2.24. The average molecular weight is 463 g/mol. The number of ether oxygens (including phenoxy) is 1. The topological polar surface area (TPSA) is 59.4 Å². The van der Waals surface area contributed by atoms with Crippen molar-refractivity contribution >= 4 is 29.0 Å². The lowest BCUT2D eigenvalue weighted by atomic mass is 10.0. The summed E-state index contributed by atoms with van der Waals surface area (Å²) < 4.78 is 7.68. The van der Waals surface area contributed by atoms with Crippen molar-refractivity contribution in [1.82, 2.24) is 9.55 Å². The van der Waals surface area contributed by atoms with Gasteiger partial charge in [-0.05, 0) is 69.0 Å². The number of thioether (sulfide) groups is 1. The van der Waals surface area contributed by atoms with Crippen LogP contribution in [0.5, 0.6) is 0 Å². The number of aromatic nitrogens is 2. The standard InChI is InChI=1S/C26H30N4O2S/c1-19(25(31)27-20-11-13-21(14-12-20)29-15-17-32-18-16-29)33-26-28-23-9-5-6-10-24(23)30(26)22-7-3-2-4-8-22/h2-4,7-8,11-14,19H,5-6,9-10,15-18H2,1H3,(H,27,31). The molecule has 1 N–H and O–H groups in total. The summed E-state index contributed by atoms with van der Waals surface area (Å²) in [6, 6.07) is 18.4. The maximum absolute atomic E-state index is 13.0. The first-order valence-electron chi connectivity index (χ1n) is 11.8. The summed E-state index contributed by atoms with van der Waals surface area (Å²) >= 11 is 1.53. The second-order valence-corrected chi connectivity index (χ2v) is 9.87. The zero-order valence-electron chi connectivity index (χ0n) is 19.0. The maximum atomic E-state index is 13.0. The molecule has 2 aliphatic rings. The predicted molar refractivity (Wildman–Crippen MR) is 134 cm³/mol. The number of anilines is 2. The van der Waals surface area contributed by atoms with Crippen molar-refractivity contribution in [2.45, 2.75) is 43.0 Å². The lowest BCUT2D eigenvalue weighted by molar-refractivity contribution is -0.115. The molecule has 0 bridgehead atoms. The first-order valence-corrected chi connectivity index (χ1v) is 12.6.